The monoisotopic (exact) mass is 274 g/mol. The lowest BCUT2D eigenvalue weighted by molar-refractivity contribution is 0.253. The highest BCUT2D eigenvalue weighted by atomic mass is 79.9. The van der Waals surface area contributed by atoms with Gasteiger partial charge in [0.2, 0.25) is 0 Å². The van der Waals surface area contributed by atoms with E-state index in [1.165, 1.54) is 9.35 Å². The van der Waals surface area contributed by atoms with Gasteiger partial charge >= 0.3 is 0 Å². The van der Waals surface area contributed by atoms with Gasteiger partial charge in [0.15, 0.2) is 0 Å². The average Bonchev–Trinajstić information content (AvgIpc) is 2.68. The number of hydrogen-bond donors (Lipinski definition) is 1. The van der Waals surface area contributed by atoms with Crippen LogP contribution >= 0.6 is 27.3 Å². The predicted octanol–water partition coefficient (Wildman–Crippen LogP) is 2.43. The largest absolute Gasteiger partial charge is 0.326 e. The lowest BCUT2D eigenvalue weighted by Gasteiger charge is -2.22. The molecule has 14 heavy (non-hydrogen) atoms. The highest BCUT2D eigenvalue weighted by Crippen LogP contribution is 2.27. The van der Waals surface area contributed by atoms with Crippen LogP contribution in [0.15, 0.2) is 15.9 Å². The average molecular weight is 275 g/mol. The first-order valence-electron chi connectivity index (χ1n) is 4.90. The Balaban J connectivity index is 2.02. The van der Waals surface area contributed by atoms with Gasteiger partial charge < -0.3 is 5.73 Å². The minimum Gasteiger partial charge on any atom is -0.326 e. The highest BCUT2D eigenvalue weighted by Gasteiger charge is 2.27. The van der Waals surface area contributed by atoms with Crippen LogP contribution in [-0.4, -0.2) is 23.5 Å². The van der Waals surface area contributed by atoms with Crippen LogP contribution in [0.3, 0.4) is 0 Å². The number of halogens is 1. The number of likely N-dealkylation sites (tertiary alicyclic amines) is 1. The molecule has 4 heteroatoms. The molecular weight excluding hydrogens is 260 g/mol. The molecule has 1 saturated heterocycles. The van der Waals surface area contributed by atoms with Crippen LogP contribution in [0, 0.1) is 0 Å². The SMILES string of the molecule is CC1C(N)CCN1Cc1sccc1Br. The van der Waals surface area contributed by atoms with Crippen LogP contribution in [0.5, 0.6) is 0 Å². The Morgan fingerprint density at radius 2 is 2.50 bits per heavy atom. The fraction of sp³-hybridized carbons (Fsp3) is 0.600. The molecule has 2 N–H and O–H groups in total. The quantitative estimate of drug-likeness (QED) is 0.898. The van der Waals surface area contributed by atoms with E-state index in [2.05, 4.69) is 39.2 Å². The summed E-state index contributed by atoms with van der Waals surface area (Å²) in [7, 11) is 0. The summed E-state index contributed by atoms with van der Waals surface area (Å²) < 4.78 is 1.23. The van der Waals surface area contributed by atoms with Crippen LogP contribution < -0.4 is 5.73 Å². The normalized spacial score (nSPS) is 28.5. The second kappa shape index (κ2) is 4.31. The molecular formula is C10H15BrN2S. The predicted molar refractivity (Wildman–Crippen MR) is 64.5 cm³/mol. The van der Waals surface area contributed by atoms with Gasteiger partial charge in [0.1, 0.15) is 0 Å². The Morgan fingerprint density at radius 1 is 1.71 bits per heavy atom. The molecule has 2 rings (SSSR count). The van der Waals surface area contributed by atoms with Gasteiger partial charge in [0.25, 0.3) is 0 Å². The molecule has 0 amide bonds. The number of nitrogens with zero attached hydrogens (tertiary/aromatic N) is 1. The van der Waals surface area contributed by atoms with Crippen LogP contribution in [0.25, 0.3) is 0 Å². The van der Waals surface area contributed by atoms with Crippen molar-refractivity contribution >= 4 is 27.3 Å². The van der Waals surface area contributed by atoms with Crippen molar-refractivity contribution in [1.82, 2.24) is 4.90 Å². The molecule has 0 aliphatic carbocycles. The van der Waals surface area contributed by atoms with Crippen molar-refractivity contribution < 1.29 is 0 Å². The Bertz CT molecular complexity index is 313. The molecule has 2 unspecified atom stereocenters. The van der Waals surface area contributed by atoms with Gasteiger partial charge in [-0.1, -0.05) is 0 Å². The van der Waals surface area contributed by atoms with Crippen molar-refractivity contribution in [3.63, 3.8) is 0 Å². The molecule has 0 aromatic carbocycles. The molecule has 2 heterocycles. The van der Waals surface area contributed by atoms with E-state index in [9.17, 15) is 0 Å². The van der Waals surface area contributed by atoms with Crippen LogP contribution in [-0.2, 0) is 6.54 Å². The maximum Gasteiger partial charge on any atom is 0.0342 e. The van der Waals surface area contributed by atoms with Gasteiger partial charge in [-0.25, -0.2) is 0 Å². The molecule has 1 aromatic heterocycles. The van der Waals surface area contributed by atoms with Crippen LogP contribution in [0.4, 0.5) is 0 Å². The van der Waals surface area contributed by atoms with Crippen molar-refractivity contribution in [3.05, 3.63) is 20.8 Å². The second-order valence-corrected chi connectivity index (χ2v) is 5.71. The zero-order valence-electron chi connectivity index (χ0n) is 8.24. The summed E-state index contributed by atoms with van der Waals surface area (Å²) in [6.07, 6.45) is 1.13. The van der Waals surface area contributed by atoms with Gasteiger partial charge in [-0.3, -0.25) is 4.90 Å². The first-order valence-corrected chi connectivity index (χ1v) is 6.57. The van der Waals surface area contributed by atoms with Crippen molar-refractivity contribution in [2.75, 3.05) is 6.54 Å². The van der Waals surface area contributed by atoms with Gasteiger partial charge in [-0.05, 0) is 40.7 Å². The second-order valence-electron chi connectivity index (χ2n) is 3.86. The standard InChI is InChI=1S/C10H15BrN2S/c1-7-9(12)2-4-13(7)6-10-8(11)3-5-14-10/h3,5,7,9H,2,4,6,12H2,1H3. The topological polar surface area (TPSA) is 29.3 Å². The third-order valence-corrected chi connectivity index (χ3v) is 4.89. The first kappa shape index (κ1) is 10.6. The lowest BCUT2D eigenvalue weighted by Crippen LogP contribution is -2.36. The molecule has 2 atom stereocenters. The van der Waals surface area contributed by atoms with Gasteiger partial charge in [-0.2, -0.15) is 0 Å². The third-order valence-electron chi connectivity index (χ3n) is 2.98. The van der Waals surface area contributed by atoms with E-state index in [0.717, 1.165) is 19.5 Å². The van der Waals surface area contributed by atoms with Crippen molar-refractivity contribution in [3.8, 4) is 0 Å². The summed E-state index contributed by atoms with van der Waals surface area (Å²) in [5.41, 5.74) is 5.99. The molecule has 0 spiro atoms. The molecule has 0 bridgehead atoms. The molecule has 1 aromatic rings. The van der Waals surface area contributed by atoms with Gasteiger partial charge in [-0.15, -0.1) is 11.3 Å². The highest BCUT2D eigenvalue weighted by molar-refractivity contribution is 9.10. The van der Waals surface area contributed by atoms with Crippen molar-refractivity contribution in [2.45, 2.75) is 32.0 Å². The van der Waals surface area contributed by atoms with Gasteiger partial charge in [0, 0.05) is 34.5 Å². The molecule has 1 fully saturated rings. The van der Waals surface area contributed by atoms with E-state index in [1.54, 1.807) is 0 Å². The van der Waals surface area contributed by atoms with Crippen LogP contribution in [0.2, 0.25) is 0 Å². The zero-order valence-corrected chi connectivity index (χ0v) is 10.6. The molecule has 1 aliphatic rings. The Kier molecular flexibility index (Phi) is 3.27. The molecule has 0 radical (unpaired) electrons. The molecule has 0 saturated carbocycles. The third kappa shape index (κ3) is 2.03. The van der Waals surface area contributed by atoms with E-state index in [-0.39, 0.29) is 0 Å². The van der Waals surface area contributed by atoms with E-state index in [0.29, 0.717) is 12.1 Å². The summed E-state index contributed by atoms with van der Waals surface area (Å²) in [5, 5.41) is 2.13. The zero-order chi connectivity index (χ0) is 10.1. The minimum atomic E-state index is 0.355. The number of rotatable bonds is 2. The Morgan fingerprint density at radius 3 is 3.00 bits per heavy atom. The maximum atomic E-state index is 5.99. The minimum absolute atomic E-state index is 0.355. The van der Waals surface area contributed by atoms with E-state index < -0.39 is 0 Å². The molecule has 78 valence electrons. The van der Waals surface area contributed by atoms with E-state index >= 15 is 0 Å². The maximum absolute atomic E-state index is 5.99. The lowest BCUT2D eigenvalue weighted by atomic mass is 10.2. The Labute approximate surface area is 97.2 Å². The van der Waals surface area contributed by atoms with Crippen LogP contribution in [0.1, 0.15) is 18.2 Å². The smallest absolute Gasteiger partial charge is 0.0342 e. The Hall–Kier alpha value is 0.100. The van der Waals surface area contributed by atoms with E-state index in [1.807, 2.05) is 11.3 Å². The van der Waals surface area contributed by atoms with Crippen molar-refractivity contribution in [1.29, 1.82) is 0 Å². The van der Waals surface area contributed by atoms with E-state index in [4.69, 9.17) is 5.73 Å². The van der Waals surface area contributed by atoms with Gasteiger partial charge in [0.05, 0.1) is 0 Å². The summed E-state index contributed by atoms with van der Waals surface area (Å²) in [6.45, 7) is 4.39. The summed E-state index contributed by atoms with van der Waals surface area (Å²) in [5.74, 6) is 0. The molecule has 1 aliphatic heterocycles. The van der Waals surface area contributed by atoms with Crippen molar-refractivity contribution in [2.24, 2.45) is 5.73 Å². The fourth-order valence-corrected chi connectivity index (χ4v) is 3.38. The fourth-order valence-electron chi connectivity index (χ4n) is 1.88. The summed E-state index contributed by atoms with van der Waals surface area (Å²) in [6, 6.07) is 2.98. The first-order chi connectivity index (χ1) is 6.68. The summed E-state index contributed by atoms with van der Waals surface area (Å²) >= 11 is 5.37. The summed E-state index contributed by atoms with van der Waals surface area (Å²) in [4.78, 5) is 3.87. The number of thiophene rings is 1. The number of nitrogens with two attached hydrogens (primary N) is 1. The number of hydrogen-bond acceptors (Lipinski definition) is 3. The molecule has 2 nitrogen and oxygen atoms in total.